The summed E-state index contributed by atoms with van der Waals surface area (Å²) in [5, 5.41) is 9.19. The minimum Gasteiger partial charge on any atom is -0.493 e. The summed E-state index contributed by atoms with van der Waals surface area (Å²) in [6.45, 7) is -1.30. The van der Waals surface area contributed by atoms with Gasteiger partial charge in [0, 0.05) is 7.11 Å². The number of carbonyl (C=O) groups excluding carboxylic acids is 1. The molecule has 0 aromatic heterocycles. The number of ether oxygens (including phenoxy) is 5. The summed E-state index contributed by atoms with van der Waals surface area (Å²) < 4.78 is 49.4. The van der Waals surface area contributed by atoms with Crippen molar-refractivity contribution in [3.8, 4) is 23.3 Å². The Morgan fingerprint density at radius 3 is 2.23 bits per heavy atom. The summed E-state index contributed by atoms with van der Waals surface area (Å²) >= 11 is 0. The van der Waals surface area contributed by atoms with Gasteiger partial charge in [-0.25, -0.2) is 4.79 Å². The van der Waals surface area contributed by atoms with E-state index >= 15 is 0 Å². The molecule has 9 heteroatoms. The summed E-state index contributed by atoms with van der Waals surface area (Å²) in [6, 6.07) is 4.38. The molecule has 0 heterocycles. The largest absolute Gasteiger partial charge is 0.493 e. The topological polar surface area (TPSA) is 87.0 Å². The maximum absolute atomic E-state index is 12.5. The molecule has 0 aliphatic rings. The van der Waals surface area contributed by atoms with Crippen LogP contribution < -0.4 is 14.2 Å². The Hall–Kier alpha value is -2.86. The van der Waals surface area contributed by atoms with Crippen LogP contribution in [0.5, 0.6) is 17.2 Å². The number of benzene rings is 1. The quantitative estimate of drug-likeness (QED) is 0.375. The van der Waals surface area contributed by atoms with Gasteiger partial charge < -0.3 is 23.7 Å². The molecule has 1 atom stereocenters. The number of methoxy groups -OCH3 is 3. The van der Waals surface area contributed by atoms with E-state index in [-0.39, 0.29) is 29.4 Å². The lowest BCUT2D eigenvalue weighted by atomic mass is 10.1. The predicted octanol–water partition coefficient (Wildman–Crippen LogP) is 2.79. The number of nitriles is 1. The Bertz CT molecular complexity index is 674. The Labute approximate surface area is 149 Å². The molecule has 1 rings (SSSR count). The van der Waals surface area contributed by atoms with E-state index in [0.29, 0.717) is 5.56 Å². The first-order valence-corrected chi connectivity index (χ1v) is 7.38. The van der Waals surface area contributed by atoms with Gasteiger partial charge in [0.15, 0.2) is 11.5 Å². The van der Waals surface area contributed by atoms with Crippen molar-refractivity contribution in [1.82, 2.24) is 0 Å². The number of carbonyl (C=O) groups is 1. The van der Waals surface area contributed by atoms with Crippen LogP contribution in [0.15, 0.2) is 17.7 Å². The number of nitrogens with zero attached hydrogens (tertiary/aromatic N) is 1. The van der Waals surface area contributed by atoms with Gasteiger partial charge in [0.05, 0.1) is 20.8 Å². The van der Waals surface area contributed by atoms with Crippen LogP contribution in [0.1, 0.15) is 12.5 Å². The molecule has 142 valence electrons. The average molecular weight is 371 g/mol. The van der Waals surface area contributed by atoms with Gasteiger partial charge in [0.25, 0.3) is 0 Å². The van der Waals surface area contributed by atoms with E-state index in [1.165, 1.54) is 39.5 Å². The third kappa shape index (κ3) is 5.89. The first-order chi connectivity index (χ1) is 12.4. The highest BCUT2D eigenvalue weighted by atomic mass is 19.3. The van der Waals surface area contributed by atoms with Gasteiger partial charge in [-0.05, 0) is 30.7 Å². The molecule has 0 aliphatic heterocycles. The van der Waals surface area contributed by atoms with Gasteiger partial charge in [0.1, 0.15) is 17.7 Å². The van der Waals surface area contributed by atoms with Crippen molar-refractivity contribution in [2.75, 3.05) is 27.9 Å². The SMILES string of the molecule is COC[C@H](C)OC(=O)/C(C#N)=C/c1cc(OC)c(OC(F)F)c(OC)c1. The fraction of sp³-hybridized carbons (Fsp3) is 0.412. The zero-order valence-electron chi connectivity index (χ0n) is 14.7. The molecule has 0 amide bonds. The highest BCUT2D eigenvalue weighted by Gasteiger charge is 2.19. The Balaban J connectivity index is 3.22. The molecular formula is C17H19F2NO6. The summed E-state index contributed by atoms with van der Waals surface area (Å²) in [4.78, 5) is 12.0. The number of alkyl halides is 2. The van der Waals surface area contributed by atoms with Crippen molar-refractivity contribution in [1.29, 1.82) is 5.26 Å². The van der Waals surface area contributed by atoms with E-state index in [0.717, 1.165) is 0 Å². The van der Waals surface area contributed by atoms with Crippen LogP contribution in [0.3, 0.4) is 0 Å². The number of esters is 1. The minimum absolute atomic E-state index is 0.0469. The molecule has 0 saturated heterocycles. The van der Waals surface area contributed by atoms with Crippen LogP contribution in [-0.2, 0) is 14.3 Å². The average Bonchev–Trinajstić information content (AvgIpc) is 2.59. The van der Waals surface area contributed by atoms with Crippen LogP contribution in [0, 0.1) is 11.3 Å². The van der Waals surface area contributed by atoms with Crippen LogP contribution in [0.2, 0.25) is 0 Å². The normalized spacial score (nSPS) is 12.3. The standard InChI is InChI=1S/C17H19F2NO6/c1-10(9-22-2)25-16(21)12(8-20)5-11-6-13(23-3)15(26-17(18)19)14(7-11)24-4/h5-7,10,17H,9H2,1-4H3/b12-5+/t10-/m0/s1. The molecule has 0 saturated carbocycles. The summed E-state index contributed by atoms with van der Waals surface area (Å²) in [5.74, 6) is -1.23. The van der Waals surface area contributed by atoms with Crippen molar-refractivity contribution in [3.05, 3.63) is 23.3 Å². The second kappa shape index (κ2) is 10.2. The molecule has 0 unspecified atom stereocenters. The second-order valence-electron chi connectivity index (χ2n) is 4.97. The van der Waals surface area contributed by atoms with Crippen LogP contribution >= 0.6 is 0 Å². The molecule has 0 spiro atoms. The Kier molecular flexibility index (Phi) is 8.31. The molecule has 1 aromatic carbocycles. The lowest BCUT2D eigenvalue weighted by Crippen LogP contribution is -2.20. The van der Waals surface area contributed by atoms with Gasteiger partial charge in [-0.1, -0.05) is 0 Å². The smallest absolute Gasteiger partial charge is 0.387 e. The zero-order valence-corrected chi connectivity index (χ0v) is 14.7. The monoisotopic (exact) mass is 371 g/mol. The molecule has 26 heavy (non-hydrogen) atoms. The van der Waals surface area contributed by atoms with E-state index in [1.54, 1.807) is 13.0 Å². The van der Waals surface area contributed by atoms with Crippen molar-refractivity contribution in [2.24, 2.45) is 0 Å². The van der Waals surface area contributed by atoms with Crippen LogP contribution in [0.25, 0.3) is 6.08 Å². The predicted molar refractivity (Wildman–Crippen MR) is 87.2 cm³/mol. The van der Waals surface area contributed by atoms with Gasteiger partial charge in [-0.2, -0.15) is 14.0 Å². The number of halogens is 2. The van der Waals surface area contributed by atoms with Crippen molar-refractivity contribution in [3.63, 3.8) is 0 Å². The van der Waals surface area contributed by atoms with E-state index in [2.05, 4.69) is 4.74 Å². The lowest BCUT2D eigenvalue weighted by molar-refractivity contribution is -0.145. The molecule has 1 aromatic rings. The van der Waals surface area contributed by atoms with Crippen molar-refractivity contribution in [2.45, 2.75) is 19.6 Å². The highest BCUT2D eigenvalue weighted by molar-refractivity contribution is 5.98. The van der Waals surface area contributed by atoms with Crippen LogP contribution in [0.4, 0.5) is 8.78 Å². The van der Waals surface area contributed by atoms with Gasteiger partial charge in [-0.15, -0.1) is 0 Å². The Morgan fingerprint density at radius 2 is 1.81 bits per heavy atom. The number of hydrogen-bond acceptors (Lipinski definition) is 7. The maximum atomic E-state index is 12.5. The Morgan fingerprint density at radius 1 is 1.23 bits per heavy atom. The van der Waals surface area contributed by atoms with Crippen molar-refractivity contribution < 1.29 is 37.3 Å². The van der Waals surface area contributed by atoms with E-state index in [4.69, 9.17) is 18.9 Å². The van der Waals surface area contributed by atoms with Gasteiger partial charge in [-0.3, -0.25) is 0 Å². The first kappa shape index (κ1) is 21.2. The summed E-state index contributed by atoms with van der Waals surface area (Å²) in [7, 11) is 3.96. The molecule has 0 bridgehead atoms. The third-order valence-electron chi connectivity index (χ3n) is 3.05. The second-order valence-corrected chi connectivity index (χ2v) is 4.97. The van der Waals surface area contributed by atoms with Gasteiger partial charge >= 0.3 is 12.6 Å². The fourth-order valence-corrected chi connectivity index (χ4v) is 2.01. The third-order valence-corrected chi connectivity index (χ3v) is 3.05. The molecule has 0 aliphatic carbocycles. The maximum Gasteiger partial charge on any atom is 0.387 e. The highest BCUT2D eigenvalue weighted by Crippen LogP contribution is 2.40. The lowest BCUT2D eigenvalue weighted by Gasteiger charge is -2.15. The minimum atomic E-state index is -3.08. The summed E-state index contributed by atoms with van der Waals surface area (Å²) in [5.41, 5.74) is 0.00722. The molecular weight excluding hydrogens is 352 g/mol. The van der Waals surface area contributed by atoms with Crippen LogP contribution in [-0.4, -0.2) is 46.6 Å². The van der Waals surface area contributed by atoms with Crippen molar-refractivity contribution >= 4 is 12.0 Å². The first-order valence-electron chi connectivity index (χ1n) is 7.38. The molecule has 0 N–H and O–H groups in total. The van der Waals surface area contributed by atoms with E-state index < -0.39 is 18.7 Å². The number of hydrogen-bond donors (Lipinski definition) is 0. The molecule has 0 radical (unpaired) electrons. The summed E-state index contributed by atoms with van der Waals surface area (Å²) in [6.07, 6.45) is 0.675. The van der Waals surface area contributed by atoms with E-state index in [1.807, 2.05) is 0 Å². The molecule has 7 nitrogen and oxygen atoms in total. The number of rotatable bonds is 9. The zero-order chi connectivity index (χ0) is 19.7. The van der Waals surface area contributed by atoms with E-state index in [9.17, 15) is 18.8 Å². The van der Waals surface area contributed by atoms with Gasteiger partial charge in [0.2, 0.25) is 5.75 Å². The fourth-order valence-electron chi connectivity index (χ4n) is 2.01. The molecule has 0 fully saturated rings.